The van der Waals surface area contributed by atoms with Crippen molar-refractivity contribution in [2.45, 2.75) is 32.3 Å². The van der Waals surface area contributed by atoms with Gasteiger partial charge in [-0.05, 0) is 86.1 Å². The Labute approximate surface area is 236 Å². The molecule has 0 radical (unpaired) electrons. The van der Waals surface area contributed by atoms with E-state index in [1.54, 1.807) is 48.5 Å². The lowest BCUT2D eigenvalue weighted by atomic mass is 10.1. The summed E-state index contributed by atoms with van der Waals surface area (Å²) in [6.07, 6.45) is -0.732. The van der Waals surface area contributed by atoms with Gasteiger partial charge in [0.2, 0.25) is 11.7 Å². The molecule has 9 nitrogen and oxygen atoms in total. The molecule has 0 saturated heterocycles. The summed E-state index contributed by atoms with van der Waals surface area (Å²) in [5.41, 5.74) is 1.43. The van der Waals surface area contributed by atoms with Gasteiger partial charge in [-0.15, -0.1) is 0 Å². The molecule has 3 rings (SSSR count). The van der Waals surface area contributed by atoms with Gasteiger partial charge in [0.25, 0.3) is 0 Å². The summed E-state index contributed by atoms with van der Waals surface area (Å²) >= 11 is 5.82. The molecule has 1 unspecified atom stereocenters. The molecule has 40 heavy (non-hydrogen) atoms. The normalized spacial score (nSPS) is 11.2. The molecule has 0 bridgehead atoms. The van der Waals surface area contributed by atoms with Gasteiger partial charge in [-0.3, -0.25) is 19.2 Å². The fourth-order valence-electron chi connectivity index (χ4n) is 3.54. The van der Waals surface area contributed by atoms with Crippen LogP contribution in [0.1, 0.15) is 57.3 Å². The van der Waals surface area contributed by atoms with E-state index in [-0.39, 0.29) is 42.3 Å². The summed E-state index contributed by atoms with van der Waals surface area (Å²) in [4.78, 5) is 61.2. The van der Waals surface area contributed by atoms with E-state index in [1.807, 2.05) is 0 Å². The predicted octanol–water partition coefficient (Wildman–Crippen LogP) is 5.31. The van der Waals surface area contributed by atoms with Crippen LogP contribution in [0.3, 0.4) is 0 Å². The van der Waals surface area contributed by atoms with Crippen molar-refractivity contribution in [3.05, 3.63) is 94.5 Å². The van der Waals surface area contributed by atoms with Gasteiger partial charge in [0.15, 0.2) is 18.5 Å². The van der Waals surface area contributed by atoms with E-state index in [2.05, 4.69) is 5.32 Å². The number of ether oxygens (including phenoxy) is 3. The second kappa shape index (κ2) is 14.6. The lowest BCUT2D eigenvalue weighted by molar-refractivity contribution is -0.146. The maximum Gasteiger partial charge on any atom is 0.338 e. The molecule has 0 aliphatic carbocycles. The SMILES string of the molecule is COc1ccc(C(=O)COC(=O)c2ccc(NC(=O)CCCC(=O)OC(C)C(=O)c3ccc(Cl)cc3)cc2)cc1. The van der Waals surface area contributed by atoms with Gasteiger partial charge in [0.1, 0.15) is 5.75 Å². The molecule has 208 valence electrons. The number of halogens is 1. The van der Waals surface area contributed by atoms with Crippen molar-refractivity contribution in [3.63, 3.8) is 0 Å². The van der Waals surface area contributed by atoms with Gasteiger partial charge in [0.05, 0.1) is 12.7 Å². The molecule has 0 saturated carbocycles. The first-order chi connectivity index (χ1) is 19.2. The number of carbonyl (C=O) groups is 5. The van der Waals surface area contributed by atoms with Gasteiger partial charge in [-0.25, -0.2) is 4.79 Å². The summed E-state index contributed by atoms with van der Waals surface area (Å²) < 4.78 is 15.3. The Morgan fingerprint density at radius 2 is 1.40 bits per heavy atom. The van der Waals surface area contributed by atoms with E-state index in [0.29, 0.717) is 27.6 Å². The van der Waals surface area contributed by atoms with Crippen LogP contribution in [-0.2, 0) is 19.1 Å². The van der Waals surface area contributed by atoms with Crippen molar-refractivity contribution < 1.29 is 38.2 Å². The number of ketones is 2. The lowest BCUT2D eigenvalue weighted by Gasteiger charge is -2.12. The van der Waals surface area contributed by atoms with E-state index in [0.717, 1.165) is 0 Å². The second-order valence-corrected chi connectivity index (χ2v) is 9.15. The van der Waals surface area contributed by atoms with Crippen molar-refractivity contribution in [3.8, 4) is 5.75 Å². The van der Waals surface area contributed by atoms with E-state index in [9.17, 15) is 24.0 Å². The number of methoxy groups -OCH3 is 1. The highest BCUT2D eigenvalue weighted by Gasteiger charge is 2.19. The van der Waals surface area contributed by atoms with E-state index in [1.165, 1.54) is 38.3 Å². The fraction of sp³-hybridized carbons (Fsp3) is 0.233. The zero-order valence-electron chi connectivity index (χ0n) is 22.0. The van der Waals surface area contributed by atoms with Crippen LogP contribution >= 0.6 is 11.6 Å². The Morgan fingerprint density at radius 3 is 2.02 bits per heavy atom. The minimum Gasteiger partial charge on any atom is -0.497 e. The lowest BCUT2D eigenvalue weighted by Crippen LogP contribution is -2.24. The molecule has 1 N–H and O–H groups in total. The van der Waals surface area contributed by atoms with Crippen molar-refractivity contribution in [1.82, 2.24) is 0 Å². The van der Waals surface area contributed by atoms with Crippen LogP contribution in [-0.4, -0.2) is 49.2 Å². The third-order valence-corrected chi connectivity index (χ3v) is 5.99. The van der Waals surface area contributed by atoms with Crippen LogP contribution in [0.25, 0.3) is 0 Å². The molecule has 1 atom stereocenters. The molecular formula is C30H28ClNO8. The summed E-state index contributed by atoms with van der Waals surface area (Å²) in [6, 6.07) is 18.7. The Kier molecular flexibility index (Phi) is 11.0. The van der Waals surface area contributed by atoms with Crippen LogP contribution < -0.4 is 10.1 Å². The van der Waals surface area contributed by atoms with E-state index < -0.39 is 24.6 Å². The molecule has 0 aromatic heterocycles. The third kappa shape index (κ3) is 9.06. The monoisotopic (exact) mass is 565 g/mol. The van der Waals surface area contributed by atoms with Crippen LogP contribution in [0.15, 0.2) is 72.8 Å². The van der Waals surface area contributed by atoms with Crippen LogP contribution in [0.2, 0.25) is 5.02 Å². The smallest absolute Gasteiger partial charge is 0.338 e. The zero-order valence-corrected chi connectivity index (χ0v) is 22.7. The van der Waals surface area contributed by atoms with Crippen LogP contribution in [0, 0.1) is 0 Å². The van der Waals surface area contributed by atoms with Gasteiger partial charge < -0.3 is 19.5 Å². The summed E-state index contributed by atoms with van der Waals surface area (Å²) in [5, 5.41) is 3.17. The molecule has 3 aromatic rings. The number of esters is 2. The Bertz CT molecular complexity index is 1350. The highest BCUT2D eigenvalue weighted by Crippen LogP contribution is 2.15. The Balaban J connectivity index is 1.37. The molecule has 0 aliphatic rings. The minimum absolute atomic E-state index is 0.0360. The first-order valence-corrected chi connectivity index (χ1v) is 12.8. The highest BCUT2D eigenvalue weighted by atomic mass is 35.5. The highest BCUT2D eigenvalue weighted by molar-refractivity contribution is 6.30. The number of nitrogens with one attached hydrogen (secondary N) is 1. The summed E-state index contributed by atoms with van der Waals surface area (Å²) in [7, 11) is 1.52. The molecule has 0 spiro atoms. The number of hydrogen-bond acceptors (Lipinski definition) is 8. The Morgan fingerprint density at radius 1 is 0.800 bits per heavy atom. The first kappa shape index (κ1) is 30.0. The maximum absolute atomic E-state index is 12.4. The van der Waals surface area contributed by atoms with Gasteiger partial charge in [-0.1, -0.05) is 11.6 Å². The standard InChI is InChI=1S/C30H28ClNO8/c1-19(29(36)21-6-12-23(31)13-7-21)40-28(35)5-3-4-27(34)32-24-14-8-22(9-15-24)30(37)39-18-26(33)20-10-16-25(38-2)17-11-20/h6-17,19H,3-5,18H2,1-2H3,(H,32,34). The number of carbonyl (C=O) groups excluding carboxylic acids is 5. The molecular weight excluding hydrogens is 538 g/mol. The molecule has 3 aromatic carbocycles. The number of rotatable bonds is 13. The minimum atomic E-state index is -0.965. The number of hydrogen-bond donors (Lipinski definition) is 1. The number of benzene rings is 3. The van der Waals surface area contributed by atoms with Crippen molar-refractivity contribution in [2.75, 3.05) is 19.0 Å². The van der Waals surface area contributed by atoms with Crippen molar-refractivity contribution in [1.29, 1.82) is 0 Å². The molecule has 10 heteroatoms. The summed E-state index contributed by atoms with van der Waals surface area (Å²) in [6.45, 7) is 1.07. The maximum atomic E-state index is 12.4. The predicted molar refractivity (Wildman–Crippen MR) is 148 cm³/mol. The molecule has 0 fully saturated rings. The quantitative estimate of drug-likeness (QED) is 0.218. The largest absolute Gasteiger partial charge is 0.497 e. The molecule has 1 amide bonds. The topological polar surface area (TPSA) is 125 Å². The average molecular weight is 566 g/mol. The second-order valence-electron chi connectivity index (χ2n) is 8.71. The van der Waals surface area contributed by atoms with E-state index >= 15 is 0 Å². The van der Waals surface area contributed by atoms with Gasteiger partial charge in [-0.2, -0.15) is 0 Å². The zero-order chi connectivity index (χ0) is 29.1. The number of anilines is 1. The summed E-state index contributed by atoms with van der Waals surface area (Å²) in [5.74, 6) is -1.70. The van der Waals surface area contributed by atoms with Crippen molar-refractivity contribution >= 4 is 46.7 Å². The Hall–Kier alpha value is -4.50. The average Bonchev–Trinajstić information content (AvgIpc) is 2.96. The first-order valence-electron chi connectivity index (χ1n) is 12.4. The number of amides is 1. The third-order valence-electron chi connectivity index (χ3n) is 5.74. The molecule has 0 aliphatic heterocycles. The molecule has 0 heterocycles. The van der Waals surface area contributed by atoms with E-state index in [4.69, 9.17) is 25.8 Å². The van der Waals surface area contributed by atoms with Crippen molar-refractivity contribution in [2.24, 2.45) is 0 Å². The number of Topliss-reactive ketones (excluding diaryl/α,β-unsaturated/α-hetero) is 2. The van der Waals surface area contributed by atoms with Gasteiger partial charge in [0, 0.05) is 34.7 Å². The van der Waals surface area contributed by atoms with Crippen LogP contribution in [0.4, 0.5) is 5.69 Å². The van der Waals surface area contributed by atoms with Crippen LogP contribution in [0.5, 0.6) is 5.75 Å². The van der Waals surface area contributed by atoms with Gasteiger partial charge >= 0.3 is 11.9 Å². The fourth-order valence-corrected chi connectivity index (χ4v) is 3.67.